The molecule has 208 valence electrons. The smallest absolute Gasteiger partial charge is 0.243 e. The van der Waals surface area contributed by atoms with Crippen molar-refractivity contribution >= 4 is 43.2 Å². The fourth-order valence-electron chi connectivity index (χ4n) is 4.77. The Bertz CT molecular complexity index is 1370. The van der Waals surface area contributed by atoms with Crippen molar-refractivity contribution in [3.05, 3.63) is 52.8 Å². The normalized spacial score (nSPS) is 18.3. The molecule has 2 heterocycles. The second-order valence-electron chi connectivity index (χ2n) is 9.45. The molecule has 2 aromatic rings. The summed E-state index contributed by atoms with van der Waals surface area (Å²) in [7, 11) is -6.13. The molecule has 0 aliphatic carbocycles. The minimum atomic E-state index is -3.85. The molecule has 0 atom stereocenters. The number of carbonyl (C=O) groups excluding carboxylic acids is 1. The monoisotopic (exact) mass is 587 g/mol. The van der Waals surface area contributed by atoms with Gasteiger partial charge in [0.15, 0.2) is 0 Å². The van der Waals surface area contributed by atoms with E-state index >= 15 is 0 Å². The molecule has 0 spiro atoms. The Hall–Kier alpha value is -2.25. The predicted molar refractivity (Wildman–Crippen MR) is 143 cm³/mol. The van der Waals surface area contributed by atoms with Crippen LogP contribution in [-0.4, -0.2) is 64.6 Å². The van der Waals surface area contributed by atoms with E-state index in [1.807, 2.05) is 0 Å². The lowest BCUT2D eigenvalue weighted by Gasteiger charge is -2.31. The average Bonchev–Trinajstić information content (AvgIpc) is 2.91. The van der Waals surface area contributed by atoms with E-state index in [1.54, 1.807) is 0 Å². The number of rotatable bonds is 8. The van der Waals surface area contributed by atoms with Crippen LogP contribution in [0.1, 0.15) is 37.7 Å². The number of halogens is 2. The molecule has 2 aromatic carbocycles. The molecule has 13 heteroatoms. The van der Waals surface area contributed by atoms with E-state index in [-0.39, 0.29) is 53.0 Å². The summed E-state index contributed by atoms with van der Waals surface area (Å²) >= 11 is 6.00. The molecular weight excluding hydrogens is 557 g/mol. The van der Waals surface area contributed by atoms with E-state index in [4.69, 9.17) is 16.3 Å². The van der Waals surface area contributed by atoms with Gasteiger partial charge in [0.05, 0.1) is 23.4 Å². The van der Waals surface area contributed by atoms with Crippen molar-refractivity contribution in [3.63, 3.8) is 0 Å². The quantitative estimate of drug-likeness (QED) is 0.502. The maximum absolute atomic E-state index is 14.1. The van der Waals surface area contributed by atoms with Gasteiger partial charge in [-0.25, -0.2) is 25.5 Å². The molecule has 2 saturated heterocycles. The number of amides is 1. The first-order valence-electron chi connectivity index (χ1n) is 12.4. The van der Waals surface area contributed by atoms with Gasteiger partial charge in [-0.15, -0.1) is 0 Å². The molecule has 0 aromatic heterocycles. The number of ether oxygens (including phenoxy) is 1. The first kappa shape index (κ1) is 28.8. The first-order chi connectivity index (χ1) is 18.0. The molecule has 1 N–H and O–H groups in total. The summed E-state index contributed by atoms with van der Waals surface area (Å²) in [4.78, 5) is 13.1. The third-order valence-electron chi connectivity index (χ3n) is 6.99. The third-order valence-corrected chi connectivity index (χ3v) is 11.0. The standard InChI is InChI=1S/C25H31ClFN3O6S2/c1-36-24-9-8-19(38(34,35)30-12-3-2-4-13-30)16-23(24)28-25(31)18-10-14-29(15-11-18)37(32,33)17-20-21(26)6-5-7-22(20)27/h5-9,16,18H,2-4,10-15,17H2,1H3,(H,28,31). The van der Waals surface area contributed by atoms with Gasteiger partial charge in [0.2, 0.25) is 26.0 Å². The highest BCUT2D eigenvalue weighted by molar-refractivity contribution is 7.89. The number of piperidine rings is 2. The van der Waals surface area contributed by atoms with Crippen molar-refractivity contribution in [3.8, 4) is 5.75 Å². The number of nitrogens with one attached hydrogen (secondary N) is 1. The van der Waals surface area contributed by atoms with Crippen molar-refractivity contribution in [1.82, 2.24) is 8.61 Å². The van der Waals surface area contributed by atoms with Crippen LogP contribution in [0.15, 0.2) is 41.3 Å². The number of methoxy groups -OCH3 is 1. The van der Waals surface area contributed by atoms with Crippen LogP contribution in [0.3, 0.4) is 0 Å². The molecule has 9 nitrogen and oxygen atoms in total. The molecule has 0 radical (unpaired) electrons. The Morgan fingerprint density at radius 1 is 1.03 bits per heavy atom. The maximum atomic E-state index is 14.1. The van der Waals surface area contributed by atoms with Crippen LogP contribution in [0.4, 0.5) is 10.1 Å². The molecular formula is C25H31ClFN3O6S2. The summed E-state index contributed by atoms with van der Waals surface area (Å²) in [6, 6.07) is 8.38. The van der Waals surface area contributed by atoms with Crippen molar-refractivity contribution in [2.24, 2.45) is 5.92 Å². The lowest BCUT2D eigenvalue weighted by molar-refractivity contribution is -0.120. The lowest BCUT2D eigenvalue weighted by Crippen LogP contribution is -2.42. The summed E-state index contributed by atoms with van der Waals surface area (Å²) < 4.78 is 74.2. The molecule has 2 aliphatic heterocycles. The summed E-state index contributed by atoms with van der Waals surface area (Å²) in [6.07, 6.45) is 3.11. The van der Waals surface area contributed by atoms with Crippen LogP contribution in [0.5, 0.6) is 5.75 Å². The average molecular weight is 588 g/mol. The van der Waals surface area contributed by atoms with Gasteiger partial charge in [0.25, 0.3) is 0 Å². The van der Waals surface area contributed by atoms with Gasteiger partial charge in [-0.2, -0.15) is 4.31 Å². The van der Waals surface area contributed by atoms with E-state index in [0.29, 0.717) is 18.8 Å². The maximum Gasteiger partial charge on any atom is 0.243 e. The fraction of sp³-hybridized carbons (Fsp3) is 0.480. The van der Waals surface area contributed by atoms with Crippen molar-refractivity contribution in [1.29, 1.82) is 0 Å². The predicted octanol–water partition coefficient (Wildman–Crippen LogP) is 3.84. The van der Waals surface area contributed by atoms with Crippen LogP contribution in [0, 0.1) is 11.7 Å². The Morgan fingerprint density at radius 3 is 2.34 bits per heavy atom. The van der Waals surface area contributed by atoms with Gasteiger partial charge < -0.3 is 10.1 Å². The largest absolute Gasteiger partial charge is 0.495 e. The summed E-state index contributed by atoms with van der Waals surface area (Å²) in [5.74, 6) is -1.78. The fourth-order valence-corrected chi connectivity index (χ4v) is 8.24. The van der Waals surface area contributed by atoms with E-state index in [1.165, 1.54) is 46.1 Å². The van der Waals surface area contributed by atoms with Gasteiger partial charge in [-0.3, -0.25) is 4.79 Å². The number of carbonyl (C=O) groups is 1. The van der Waals surface area contributed by atoms with Gasteiger partial charge >= 0.3 is 0 Å². The second-order valence-corrected chi connectivity index (χ2v) is 13.8. The van der Waals surface area contributed by atoms with E-state index < -0.39 is 37.5 Å². The molecule has 4 rings (SSSR count). The molecule has 0 bridgehead atoms. The Labute approximate surface area is 228 Å². The molecule has 0 unspecified atom stereocenters. The highest BCUT2D eigenvalue weighted by atomic mass is 35.5. The summed E-state index contributed by atoms with van der Waals surface area (Å²) in [5.41, 5.74) is 0.153. The number of nitrogens with zero attached hydrogens (tertiary/aromatic N) is 2. The van der Waals surface area contributed by atoms with Gasteiger partial charge in [-0.05, 0) is 56.0 Å². The van der Waals surface area contributed by atoms with E-state index in [0.717, 1.165) is 25.3 Å². The molecule has 0 saturated carbocycles. The van der Waals surface area contributed by atoms with Crippen LogP contribution in [0.2, 0.25) is 5.02 Å². The zero-order valence-corrected chi connectivity index (χ0v) is 23.4. The highest BCUT2D eigenvalue weighted by Gasteiger charge is 2.33. The van der Waals surface area contributed by atoms with E-state index in [2.05, 4.69) is 5.32 Å². The van der Waals surface area contributed by atoms with Gasteiger partial charge in [-0.1, -0.05) is 24.1 Å². The minimum Gasteiger partial charge on any atom is -0.495 e. The second kappa shape index (κ2) is 11.9. The summed E-state index contributed by atoms with van der Waals surface area (Å²) in [6.45, 7) is 1.10. The van der Waals surface area contributed by atoms with Crippen LogP contribution < -0.4 is 10.1 Å². The Kier molecular flexibility index (Phi) is 8.98. The zero-order valence-electron chi connectivity index (χ0n) is 21.0. The molecule has 1 amide bonds. The van der Waals surface area contributed by atoms with Crippen molar-refractivity contribution in [2.75, 3.05) is 38.6 Å². The van der Waals surface area contributed by atoms with Crippen molar-refractivity contribution < 1.29 is 30.8 Å². The number of hydrogen-bond donors (Lipinski definition) is 1. The van der Waals surface area contributed by atoms with Crippen LogP contribution in [-0.2, 0) is 30.6 Å². The van der Waals surface area contributed by atoms with Gasteiger partial charge in [0.1, 0.15) is 11.6 Å². The van der Waals surface area contributed by atoms with Crippen LogP contribution >= 0.6 is 11.6 Å². The van der Waals surface area contributed by atoms with Crippen molar-refractivity contribution in [2.45, 2.75) is 42.8 Å². The minimum absolute atomic E-state index is 0.0429. The van der Waals surface area contributed by atoms with E-state index in [9.17, 15) is 26.0 Å². The molecule has 2 aliphatic rings. The Morgan fingerprint density at radius 2 is 1.71 bits per heavy atom. The Balaban J connectivity index is 1.42. The number of anilines is 1. The molecule has 38 heavy (non-hydrogen) atoms. The third kappa shape index (κ3) is 6.31. The summed E-state index contributed by atoms with van der Waals surface area (Å²) in [5, 5.41) is 2.82. The van der Waals surface area contributed by atoms with Gasteiger partial charge in [0, 0.05) is 42.7 Å². The topological polar surface area (TPSA) is 113 Å². The number of sulfonamides is 2. The van der Waals surface area contributed by atoms with Crippen LogP contribution in [0.25, 0.3) is 0 Å². The first-order valence-corrected chi connectivity index (χ1v) is 15.9. The molecule has 2 fully saturated rings. The number of hydrogen-bond acceptors (Lipinski definition) is 6. The lowest BCUT2D eigenvalue weighted by atomic mass is 9.97. The highest BCUT2D eigenvalue weighted by Crippen LogP contribution is 2.32. The SMILES string of the molecule is COc1ccc(S(=O)(=O)N2CCCCC2)cc1NC(=O)C1CCN(S(=O)(=O)Cc2c(F)cccc2Cl)CC1. The number of benzene rings is 2. The zero-order chi connectivity index (χ0) is 27.5.